The third kappa shape index (κ3) is 8.49. The molecule has 0 fully saturated rings. The van der Waals surface area contributed by atoms with Crippen molar-refractivity contribution in [3.8, 4) is 6.07 Å². The molecule has 0 bridgehead atoms. The molecule has 0 radical (unpaired) electrons. The Balaban J connectivity index is 3.40. The van der Waals surface area contributed by atoms with E-state index in [0.29, 0.717) is 6.04 Å². The first-order chi connectivity index (χ1) is 8.43. The Morgan fingerprint density at radius 3 is 2.50 bits per heavy atom. The van der Waals surface area contributed by atoms with Crippen LogP contribution >= 0.6 is 0 Å². The van der Waals surface area contributed by atoms with Gasteiger partial charge in [0.2, 0.25) is 0 Å². The standard InChI is InChI=1S/C15H31N3/c1-6-14(2)18(5)12-11-17-10-8-7-9-15(3,4)13-16/h14,17H,6-12H2,1-5H3. The lowest BCUT2D eigenvalue weighted by Gasteiger charge is -2.23. The van der Waals surface area contributed by atoms with Crippen LogP contribution in [0.15, 0.2) is 0 Å². The molecule has 1 N–H and O–H groups in total. The lowest BCUT2D eigenvalue weighted by molar-refractivity contribution is 0.251. The van der Waals surface area contributed by atoms with Crippen molar-refractivity contribution in [2.24, 2.45) is 5.41 Å². The van der Waals surface area contributed by atoms with Gasteiger partial charge in [-0.15, -0.1) is 0 Å². The van der Waals surface area contributed by atoms with Crippen LogP contribution < -0.4 is 5.32 Å². The van der Waals surface area contributed by atoms with Gasteiger partial charge in [0.15, 0.2) is 0 Å². The van der Waals surface area contributed by atoms with E-state index in [-0.39, 0.29) is 5.41 Å². The van der Waals surface area contributed by atoms with Crippen LogP contribution in [-0.2, 0) is 0 Å². The van der Waals surface area contributed by atoms with E-state index in [2.05, 4.69) is 37.2 Å². The van der Waals surface area contributed by atoms with Gasteiger partial charge in [0.1, 0.15) is 0 Å². The second-order valence-corrected chi connectivity index (χ2v) is 5.94. The first-order valence-corrected chi connectivity index (χ1v) is 7.25. The molecule has 0 aliphatic carbocycles. The number of nitrogens with zero attached hydrogens (tertiary/aromatic N) is 2. The highest BCUT2D eigenvalue weighted by Gasteiger charge is 2.15. The lowest BCUT2D eigenvalue weighted by atomic mass is 9.89. The molecule has 0 rings (SSSR count). The molecule has 0 aliphatic heterocycles. The molecule has 0 saturated heterocycles. The molecule has 0 spiro atoms. The van der Waals surface area contributed by atoms with Crippen molar-refractivity contribution in [3.05, 3.63) is 0 Å². The molecule has 0 aromatic heterocycles. The summed E-state index contributed by atoms with van der Waals surface area (Å²) in [4.78, 5) is 2.39. The van der Waals surface area contributed by atoms with E-state index < -0.39 is 0 Å². The monoisotopic (exact) mass is 253 g/mol. The van der Waals surface area contributed by atoms with E-state index in [1.54, 1.807) is 0 Å². The maximum absolute atomic E-state index is 8.90. The number of rotatable bonds is 10. The SMILES string of the molecule is CCC(C)N(C)CCNCCCCC(C)(C)C#N. The Hall–Kier alpha value is -0.590. The lowest BCUT2D eigenvalue weighted by Crippen LogP contribution is -2.35. The minimum atomic E-state index is -0.156. The predicted octanol–water partition coefficient (Wildman–Crippen LogP) is 3.03. The number of likely N-dealkylation sites (N-methyl/N-ethyl adjacent to an activating group) is 1. The van der Waals surface area contributed by atoms with Crippen LogP contribution in [0, 0.1) is 16.7 Å². The molecule has 3 heteroatoms. The summed E-state index contributed by atoms with van der Waals surface area (Å²) in [7, 11) is 2.19. The van der Waals surface area contributed by atoms with Crippen molar-refractivity contribution in [3.63, 3.8) is 0 Å². The molecular formula is C15H31N3. The van der Waals surface area contributed by atoms with Gasteiger partial charge in [-0.1, -0.05) is 13.3 Å². The van der Waals surface area contributed by atoms with Crippen molar-refractivity contribution in [1.29, 1.82) is 5.26 Å². The Bertz CT molecular complexity index is 243. The molecule has 1 atom stereocenters. The van der Waals surface area contributed by atoms with Crippen LogP contribution in [0.5, 0.6) is 0 Å². The van der Waals surface area contributed by atoms with Crippen molar-refractivity contribution in [2.75, 3.05) is 26.7 Å². The van der Waals surface area contributed by atoms with Gasteiger partial charge in [0, 0.05) is 19.1 Å². The largest absolute Gasteiger partial charge is 0.315 e. The summed E-state index contributed by atoms with van der Waals surface area (Å²) < 4.78 is 0. The minimum absolute atomic E-state index is 0.156. The number of nitrogens with one attached hydrogen (secondary N) is 1. The normalized spacial score (nSPS) is 13.6. The highest BCUT2D eigenvalue weighted by molar-refractivity contribution is 4.91. The fraction of sp³-hybridized carbons (Fsp3) is 0.933. The van der Waals surface area contributed by atoms with E-state index in [9.17, 15) is 0 Å². The molecule has 0 aromatic carbocycles. The smallest absolute Gasteiger partial charge is 0.0683 e. The van der Waals surface area contributed by atoms with Crippen molar-refractivity contribution in [2.45, 2.75) is 59.4 Å². The third-order valence-corrected chi connectivity index (χ3v) is 3.69. The summed E-state index contributed by atoms with van der Waals surface area (Å²) >= 11 is 0. The first kappa shape index (κ1) is 17.4. The highest BCUT2D eigenvalue weighted by Crippen LogP contribution is 2.21. The summed E-state index contributed by atoms with van der Waals surface area (Å²) in [6, 6.07) is 3.02. The number of hydrogen-bond acceptors (Lipinski definition) is 3. The Morgan fingerprint density at radius 2 is 1.94 bits per heavy atom. The molecule has 106 valence electrons. The molecule has 0 aliphatic rings. The van der Waals surface area contributed by atoms with E-state index in [1.165, 1.54) is 6.42 Å². The summed E-state index contributed by atoms with van der Waals surface area (Å²) in [5.41, 5.74) is -0.156. The zero-order chi connectivity index (χ0) is 14.0. The Morgan fingerprint density at radius 1 is 1.28 bits per heavy atom. The van der Waals surface area contributed by atoms with Crippen molar-refractivity contribution < 1.29 is 0 Å². The van der Waals surface area contributed by atoms with Crippen LogP contribution in [0.3, 0.4) is 0 Å². The van der Waals surface area contributed by atoms with Crippen molar-refractivity contribution in [1.82, 2.24) is 10.2 Å². The maximum Gasteiger partial charge on any atom is 0.0683 e. The topological polar surface area (TPSA) is 39.1 Å². The van der Waals surface area contributed by atoms with E-state index >= 15 is 0 Å². The van der Waals surface area contributed by atoms with Gasteiger partial charge in [0.25, 0.3) is 0 Å². The third-order valence-electron chi connectivity index (χ3n) is 3.69. The maximum atomic E-state index is 8.90. The summed E-state index contributed by atoms with van der Waals surface area (Å²) in [5, 5.41) is 12.4. The van der Waals surface area contributed by atoms with Gasteiger partial charge in [-0.25, -0.2) is 0 Å². The van der Waals surface area contributed by atoms with E-state index in [1.807, 2.05) is 13.8 Å². The average molecular weight is 253 g/mol. The van der Waals surface area contributed by atoms with Crippen LogP contribution in [0.25, 0.3) is 0 Å². The second-order valence-electron chi connectivity index (χ2n) is 5.94. The van der Waals surface area contributed by atoms with Crippen molar-refractivity contribution >= 4 is 0 Å². The zero-order valence-corrected chi connectivity index (χ0v) is 12.9. The first-order valence-electron chi connectivity index (χ1n) is 7.25. The van der Waals surface area contributed by atoms with Crippen LogP contribution in [0.1, 0.15) is 53.4 Å². The quantitative estimate of drug-likeness (QED) is 0.608. The molecule has 0 aromatic rings. The highest BCUT2D eigenvalue weighted by atomic mass is 15.1. The molecule has 0 amide bonds. The fourth-order valence-electron chi connectivity index (χ4n) is 1.79. The zero-order valence-electron chi connectivity index (χ0n) is 12.9. The molecule has 0 heterocycles. The van der Waals surface area contributed by atoms with E-state index in [0.717, 1.165) is 38.9 Å². The van der Waals surface area contributed by atoms with Crippen LogP contribution in [0.4, 0.5) is 0 Å². The van der Waals surface area contributed by atoms with Gasteiger partial charge in [-0.3, -0.25) is 0 Å². The summed E-state index contributed by atoms with van der Waals surface area (Å²) in [5.74, 6) is 0. The molecular weight excluding hydrogens is 222 g/mol. The van der Waals surface area contributed by atoms with Crippen LogP contribution in [0.2, 0.25) is 0 Å². The van der Waals surface area contributed by atoms with Gasteiger partial charge in [-0.05, 0) is 53.6 Å². The molecule has 18 heavy (non-hydrogen) atoms. The van der Waals surface area contributed by atoms with Crippen LogP contribution in [-0.4, -0.2) is 37.6 Å². The van der Waals surface area contributed by atoms with Gasteiger partial charge < -0.3 is 10.2 Å². The summed E-state index contributed by atoms with van der Waals surface area (Å²) in [6.07, 6.45) is 4.50. The van der Waals surface area contributed by atoms with Gasteiger partial charge in [-0.2, -0.15) is 5.26 Å². The molecule has 1 unspecified atom stereocenters. The predicted molar refractivity (Wildman–Crippen MR) is 78.5 cm³/mol. The minimum Gasteiger partial charge on any atom is -0.315 e. The van der Waals surface area contributed by atoms with Gasteiger partial charge >= 0.3 is 0 Å². The number of hydrogen-bond donors (Lipinski definition) is 1. The number of unbranched alkanes of at least 4 members (excludes halogenated alkanes) is 1. The molecule has 3 nitrogen and oxygen atoms in total. The van der Waals surface area contributed by atoms with Gasteiger partial charge in [0.05, 0.1) is 11.5 Å². The average Bonchev–Trinajstić information content (AvgIpc) is 2.36. The Labute approximate surface area is 114 Å². The Kier molecular flexibility index (Phi) is 9.05. The number of nitriles is 1. The summed E-state index contributed by atoms with van der Waals surface area (Å²) in [6.45, 7) is 11.8. The van der Waals surface area contributed by atoms with E-state index in [4.69, 9.17) is 5.26 Å². The fourth-order valence-corrected chi connectivity index (χ4v) is 1.79. The molecule has 0 saturated carbocycles. The second kappa shape index (κ2) is 9.35.